The first-order valence-corrected chi connectivity index (χ1v) is 4.95. The average Bonchev–Trinajstić information content (AvgIpc) is 2.62. The van der Waals surface area contributed by atoms with E-state index in [-0.39, 0.29) is 29.1 Å². The Hall–Kier alpha value is -2.71. The number of aryl methyl sites for hydroxylation is 2. The molecule has 0 bridgehead atoms. The zero-order valence-electron chi connectivity index (χ0n) is 9.67. The van der Waals surface area contributed by atoms with Crippen LogP contribution in [0, 0.1) is 24.0 Å². The fourth-order valence-corrected chi connectivity index (χ4v) is 1.39. The summed E-state index contributed by atoms with van der Waals surface area (Å²) in [5.41, 5.74) is 6.00. The van der Waals surface area contributed by atoms with Crippen molar-refractivity contribution in [2.75, 3.05) is 5.73 Å². The molecule has 2 aromatic heterocycles. The van der Waals surface area contributed by atoms with Crippen LogP contribution in [0.5, 0.6) is 11.8 Å². The number of ether oxygens (including phenoxy) is 1. The molecule has 3 N–H and O–H groups in total. The van der Waals surface area contributed by atoms with Gasteiger partial charge in [0, 0.05) is 11.8 Å². The van der Waals surface area contributed by atoms with Crippen molar-refractivity contribution in [3.8, 4) is 11.8 Å². The number of anilines is 1. The van der Waals surface area contributed by atoms with E-state index in [1.807, 2.05) is 0 Å². The molecule has 0 amide bonds. The lowest BCUT2D eigenvalue weighted by Gasteiger charge is -2.04. The van der Waals surface area contributed by atoms with Crippen molar-refractivity contribution >= 4 is 11.6 Å². The standard InChI is InChI=1S/C9H10N6O3/c1-4-3-6(14-13-4)18-8-7(15(16)17)5(2)11-9(10)12-8/h3H,1-2H3,(H,13,14)(H2,10,11,12). The van der Waals surface area contributed by atoms with Gasteiger partial charge in [-0.05, 0) is 13.8 Å². The second-order valence-corrected chi connectivity index (χ2v) is 3.57. The Kier molecular flexibility index (Phi) is 2.80. The highest BCUT2D eigenvalue weighted by Gasteiger charge is 2.24. The minimum Gasteiger partial charge on any atom is -0.413 e. The Labute approximate surface area is 101 Å². The van der Waals surface area contributed by atoms with E-state index < -0.39 is 4.92 Å². The number of hydrogen-bond acceptors (Lipinski definition) is 7. The zero-order valence-corrected chi connectivity index (χ0v) is 9.67. The lowest BCUT2D eigenvalue weighted by atomic mass is 10.3. The molecule has 0 saturated carbocycles. The van der Waals surface area contributed by atoms with Gasteiger partial charge in [0.25, 0.3) is 0 Å². The number of nitro groups is 1. The van der Waals surface area contributed by atoms with Gasteiger partial charge in [0.1, 0.15) is 5.69 Å². The van der Waals surface area contributed by atoms with Crippen LogP contribution in [0.25, 0.3) is 0 Å². The van der Waals surface area contributed by atoms with E-state index in [4.69, 9.17) is 10.5 Å². The Morgan fingerprint density at radius 2 is 2.17 bits per heavy atom. The molecule has 9 nitrogen and oxygen atoms in total. The maximum absolute atomic E-state index is 10.9. The summed E-state index contributed by atoms with van der Waals surface area (Å²) in [4.78, 5) is 17.7. The van der Waals surface area contributed by atoms with Crippen LogP contribution in [0.1, 0.15) is 11.4 Å². The van der Waals surface area contributed by atoms with Gasteiger partial charge in [-0.15, -0.1) is 5.10 Å². The fraction of sp³-hybridized carbons (Fsp3) is 0.222. The van der Waals surface area contributed by atoms with Crippen LogP contribution in [0.2, 0.25) is 0 Å². The molecule has 2 heterocycles. The Morgan fingerprint density at radius 1 is 1.44 bits per heavy atom. The lowest BCUT2D eigenvalue weighted by molar-refractivity contribution is -0.386. The highest BCUT2D eigenvalue weighted by Crippen LogP contribution is 2.31. The third-order valence-electron chi connectivity index (χ3n) is 2.11. The molecule has 0 unspecified atom stereocenters. The molecule has 0 aromatic carbocycles. The monoisotopic (exact) mass is 250 g/mol. The molecule has 94 valence electrons. The van der Waals surface area contributed by atoms with E-state index in [9.17, 15) is 10.1 Å². The maximum Gasteiger partial charge on any atom is 0.352 e. The van der Waals surface area contributed by atoms with E-state index >= 15 is 0 Å². The largest absolute Gasteiger partial charge is 0.413 e. The summed E-state index contributed by atoms with van der Waals surface area (Å²) < 4.78 is 5.24. The molecule has 0 aliphatic heterocycles. The number of nitrogen functional groups attached to an aromatic ring is 1. The van der Waals surface area contributed by atoms with Gasteiger partial charge in [-0.1, -0.05) is 0 Å². The van der Waals surface area contributed by atoms with Crippen molar-refractivity contribution in [1.29, 1.82) is 0 Å². The van der Waals surface area contributed by atoms with Gasteiger partial charge < -0.3 is 10.5 Å². The molecule has 0 aliphatic rings. The number of aromatic nitrogens is 4. The van der Waals surface area contributed by atoms with E-state index in [0.29, 0.717) is 0 Å². The molecule has 2 aromatic rings. The number of hydrogen-bond donors (Lipinski definition) is 2. The predicted octanol–water partition coefficient (Wildman–Crippen LogP) is 1.10. The first kappa shape index (κ1) is 11.8. The normalized spacial score (nSPS) is 10.3. The average molecular weight is 250 g/mol. The quantitative estimate of drug-likeness (QED) is 0.615. The third kappa shape index (κ3) is 2.19. The van der Waals surface area contributed by atoms with Gasteiger partial charge in [-0.25, -0.2) is 4.98 Å². The van der Waals surface area contributed by atoms with Crippen molar-refractivity contribution in [2.45, 2.75) is 13.8 Å². The van der Waals surface area contributed by atoms with E-state index in [0.717, 1.165) is 5.69 Å². The summed E-state index contributed by atoms with van der Waals surface area (Å²) in [5, 5.41) is 17.4. The first-order valence-electron chi connectivity index (χ1n) is 4.95. The molecule has 0 spiro atoms. The first-order chi connectivity index (χ1) is 8.47. The molecule has 0 aliphatic carbocycles. The van der Waals surface area contributed by atoms with Crippen LogP contribution in [0.4, 0.5) is 11.6 Å². The summed E-state index contributed by atoms with van der Waals surface area (Å²) >= 11 is 0. The molecule has 0 fully saturated rings. The van der Waals surface area contributed by atoms with Crippen molar-refractivity contribution in [3.63, 3.8) is 0 Å². The van der Waals surface area contributed by atoms with Crippen LogP contribution < -0.4 is 10.5 Å². The Balaban J connectivity index is 2.45. The lowest BCUT2D eigenvalue weighted by Crippen LogP contribution is -2.04. The van der Waals surface area contributed by atoms with Crippen molar-refractivity contribution < 1.29 is 9.66 Å². The van der Waals surface area contributed by atoms with E-state index in [2.05, 4.69) is 20.2 Å². The summed E-state index contributed by atoms with van der Waals surface area (Å²) in [6.45, 7) is 3.23. The second-order valence-electron chi connectivity index (χ2n) is 3.57. The maximum atomic E-state index is 10.9. The molecular formula is C9H10N6O3. The molecule has 18 heavy (non-hydrogen) atoms. The van der Waals surface area contributed by atoms with Gasteiger partial charge in [0.05, 0.1) is 4.92 Å². The van der Waals surface area contributed by atoms with E-state index in [1.54, 1.807) is 13.0 Å². The SMILES string of the molecule is Cc1cc(Oc2nc(N)nc(C)c2[N+](=O)[O-])n[nH]1. The number of nitrogens with zero attached hydrogens (tertiary/aromatic N) is 4. The Bertz CT molecular complexity index is 608. The number of H-pyrrole nitrogens is 1. The van der Waals surface area contributed by atoms with Gasteiger partial charge in [-0.2, -0.15) is 4.98 Å². The van der Waals surface area contributed by atoms with Crippen molar-refractivity contribution in [1.82, 2.24) is 20.2 Å². The highest BCUT2D eigenvalue weighted by atomic mass is 16.6. The summed E-state index contributed by atoms with van der Waals surface area (Å²) in [7, 11) is 0. The molecule has 0 saturated heterocycles. The number of rotatable bonds is 3. The van der Waals surface area contributed by atoms with Gasteiger partial charge in [-0.3, -0.25) is 15.2 Å². The van der Waals surface area contributed by atoms with Gasteiger partial charge >= 0.3 is 11.6 Å². The third-order valence-corrected chi connectivity index (χ3v) is 2.11. The second kappa shape index (κ2) is 4.28. The molecule has 0 atom stereocenters. The summed E-state index contributed by atoms with van der Waals surface area (Å²) in [6.07, 6.45) is 0. The minimum absolute atomic E-state index is 0.0969. The smallest absolute Gasteiger partial charge is 0.352 e. The van der Waals surface area contributed by atoms with Crippen molar-refractivity contribution in [2.24, 2.45) is 0 Å². The van der Waals surface area contributed by atoms with Crippen LogP contribution in [0.3, 0.4) is 0 Å². The molecule has 0 radical (unpaired) electrons. The fourth-order valence-electron chi connectivity index (χ4n) is 1.39. The molecule has 2 rings (SSSR count). The number of aromatic amines is 1. The Morgan fingerprint density at radius 3 is 2.72 bits per heavy atom. The molecule has 9 heteroatoms. The highest BCUT2D eigenvalue weighted by molar-refractivity contribution is 5.48. The molecular weight excluding hydrogens is 240 g/mol. The van der Waals surface area contributed by atoms with E-state index in [1.165, 1.54) is 6.92 Å². The topological polar surface area (TPSA) is 133 Å². The predicted molar refractivity (Wildman–Crippen MR) is 61.2 cm³/mol. The van der Waals surface area contributed by atoms with Crippen LogP contribution in [0.15, 0.2) is 6.07 Å². The number of nitrogens with one attached hydrogen (secondary N) is 1. The van der Waals surface area contributed by atoms with Gasteiger partial charge in [0.2, 0.25) is 11.8 Å². The van der Waals surface area contributed by atoms with Crippen LogP contribution in [-0.2, 0) is 0 Å². The summed E-state index contributed by atoms with van der Waals surface area (Å²) in [5.74, 6) is -0.148. The summed E-state index contributed by atoms with van der Waals surface area (Å²) in [6, 6.07) is 1.58. The number of nitrogens with two attached hydrogens (primary N) is 1. The zero-order chi connectivity index (χ0) is 13.3. The van der Waals surface area contributed by atoms with Crippen molar-refractivity contribution in [3.05, 3.63) is 27.6 Å². The van der Waals surface area contributed by atoms with Crippen LogP contribution >= 0.6 is 0 Å². The van der Waals surface area contributed by atoms with Gasteiger partial charge in [0.15, 0.2) is 0 Å². The van der Waals surface area contributed by atoms with Crippen LogP contribution in [-0.4, -0.2) is 25.1 Å². The minimum atomic E-state index is -0.621.